The summed E-state index contributed by atoms with van der Waals surface area (Å²) in [6.45, 7) is 0. The molecule has 0 atom stereocenters. The van der Waals surface area contributed by atoms with E-state index in [1.54, 1.807) is 0 Å². The Morgan fingerprint density at radius 3 is 2.46 bits per heavy atom. The van der Waals surface area contributed by atoms with Crippen molar-refractivity contribution in [2.75, 3.05) is 0 Å². The maximum absolute atomic E-state index is 11.6. The summed E-state index contributed by atoms with van der Waals surface area (Å²) < 4.78 is 1.18. The second-order valence-corrected chi connectivity index (χ2v) is 4.82. The van der Waals surface area contributed by atoms with E-state index in [9.17, 15) is 4.79 Å². The Labute approximate surface area is 91.7 Å². The molecule has 0 amide bonds. The summed E-state index contributed by atoms with van der Waals surface area (Å²) >= 11 is 2.25. The highest BCUT2D eigenvalue weighted by atomic mass is 127. The van der Waals surface area contributed by atoms with Gasteiger partial charge in [0.2, 0.25) is 0 Å². The summed E-state index contributed by atoms with van der Waals surface area (Å²) in [5, 5.41) is 0. The van der Waals surface area contributed by atoms with Crippen LogP contribution in [0.2, 0.25) is 0 Å². The number of benzene rings is 1. The molecule has 1 fully saturated rings. The third kappa shape index (κ3) is 2.53. The van der Waals surface area contributed by atoms with E-state index in [-0.39, 0.29) is 0 Å². The number of carbonyl (C=O) groups is 1. The second-order valence-electron chi connectivity index (χ2n) is 3.58. The predicted molar refractivity (Wildman–Crippen MR) is 60.8 cm³/mol. The summed E-state index contributed by atoms with van der Waals surface area (Å²) in [5.41, 5.74) is 0.868. The summed E-state index contributed by atoms with van der Waals surface area (Å²) in [7, 11) is 0. The number of hydrogen-bond donors (Lipinski definition) is 0. The molecule has 2 rings (SSSR count). The molecule has 0 heterocycles. The average molecular weight is 286 g/mol. The fourth-order valence-corrected chi connectivity index (χ4v) is 1.70. The Bertz CT molecular complexity index is 311. The second kappa shape index (κ2) is 3.78. The fourth-order valence-electron chi connectivity index (χ4n) is 1.34. The minimum Gasteiger partial charge on any atom is -0.294 e. The number of ketones is 1. The molecule has 1 aromatic rings. The van der Waals surface area contributed by atoms with E-state index >= 15 is 0 Å². The summed E-state index contributed by atoms with van der Waals surface area (Å²) in [6.07, 6.45) is 3.24. The molecule has 0 aromatic heterocycles. The van der Waals surface area contributed by atoms with Crippen LogP contribution in [0, 0.1) is 9.49 Å². The zero-order valence-corrected chi connectivity index (χ0v) is 9.45. The SMILES string of the molecule is O=C(CC1CC1)c1ccc(I)cc1. The van der Waals surface area contributed by atoms with Crippen molar-refractivity contribution in [1.82, 2.24) is 0 Å². The molecule has 0 spiro atoms. The molecule has 1 aliphatic carbocycles. The Morgan fingerprint density at radius 2 is 1.92 bits per heavy atom. The maximum Gasteiger partial charge on any atom is 0.163 e. The normalized spacial score (nSPS) is 15.8. The van der Waals surface area contributed by atoms with Gasteiger partial charge in [-0.15, -0.1) is 0 Å². The van der Waals surface area contributed by atoms with Crippen LogP contribution in [0.5, 0.6) is 0 Å². The average Bonchev–Trinajstić information content (AvgIpc) is 2.89. The van der Waals surface area contributed by atoms with Crippen molar-refractivity contribution in [2.45, 2.75) is 19.3 Å². The van der Waals surface area contributed by atoms with E-state index in [0.717, 1.165) is 12.0 Å². The zero-order chi connectivity index (χ0) is 9.26. The molecular formula is C11H11IO. The maximum atomic E-state index is 11.6. The van der Waals surface area contributed by atoms with Crippen LogP contribution in [0.3, 0.4) is 0 Å². The van der Waals surface area contributed by atoms with Crippen LogP contribution in [-0.2, 0) is 0 Å². The zero-order valence-electron chi connectivity index (χ0n) is 7.29. The molecule has 1 aromatic carbocycles. The molecule has 68 valence electrons. The van der Waals surface area contributed by atoms with E-state index in [4.69, 9.17) is 0 Å². The van der Waals surface area contributed by atoms with Gasteiger partial charge >= 0.3 is 0 Å². The summed E-state index contributed by atoms with van der Waals surface area (Å²) in [5.74, 6) is 0.991. The molecule has 13 heavy (non-hydrogen) atoms. The molecule has 0 bridgehead atoms. The Hall–Kier alpha value is -0.380. The van der Waals surface area contributed by atoms with Crippen LogP contribution in [-0.4, -0.2) is 5.78 Å². The molecule has 1 aliphatic rings. The van der Waals surface area contributed by atoms with Gasteiger partial charge in [-0.2, -0.15) is 0 Å². The van der Waals surface area contributed by atoms with Gasteiger partial charge in [0.1, 0.15) is 0 Å². The monoisotopic (exact) mass is 286 g/mol. The number of Topliss-reactive ketones (excluding diaryl/α,β-unsaturated/α-hetero) is 1. The van der Waals surface area contributed by atoms with Crippen molar-refractivity contribution in [3.05, 3.63) is 33.4 Å². The van der Waals surface area contributed by atoms with E-state index < -0.39 is 0 Å². The number of halogens is 1. The third-order valence-corrected chi connectivity index (χ3v) is 3.06. The summed E-state index contributed by atoms with van der Waals surface area (Å²) in [6, 6.07) is 7.82. The lowest BCUT2D eigenvalue weighted by Crippen LogP contribution is -1.99. The highest BCUT2D eigenvalue weighted by molar-refractivity contribution is 14.1. The van der Waals surface area contributed by atoms with Crippen molar-refractivity contribution in [3.8, 4) is 0 Å². The fraction of sp³-hybridized carbons (Fsp3) is 0.364. The molecule has 0 saturated heterocycles. The van der Waals surface area contributed by atoms with Gasteiger partial charge in [-0.3, -0.25) is 4.79 Å². The van der Waals surface area contributed by atoms with Crippen molar-refractivity contribution in [2.24, 2.45) is 5.92 Å². The first-order chi connectivity index (χ1) is 6.25. The lowest BCUT2D eigenvalue weighted by molar-refractivity contribution is 0.0976. The van der Waals surface area contributed by atoms with Gasteiger partial charge in [0.15, 0.2) is 5.78 Å². The van der Waals surface area contributed by atoms with Crippen molar-refractivity contribution < 1.29 is 4.79 Å². The van der Waals surface area contributed by atoms with Crippen LogP contribution in [0.1, 0.15) is 29.6 Å². The molecule has 2 heteroatoms. The predicted octanol–water partition coefficient (Wildman–Crippen LogP) is 3.27. The lowest BCUT2D eigenvalue weighted by Gasteiger charge is -1.98. The van der Waals surface area contributed by atoms with Gasteiger partial charge < -0.3 is 0 Å². The van der Waals surface area contributed by atoms with E-state index in [1.807, 2.05) is 24.3 Å². The first-order valence-corrected chi connectivity index (χ1v) is 5.62. The largest absolute Gasteiger partial charge is 0.294 e. The molecule has 0 radical (unpaired) electrons. The quantitative estimate of drug-likeness (QED) is 0.615. The molecule has 1 saturated carbocycles. The van der Waals surface area contributed by atoms with E-state index in [0.29, 0.717) is 11.7 Å². The van der Waals surface area contributed by atoms with Gasteiger partial charge in [0.05, 0.1) is 0 Å². The minimum atomic E-state index is 0.305. The number of hydrogen-bond acceptors (Lipinski definition) is 1. The Balaban J connectivity index is 2.05. The Kier molecular flexibility index (Phi) is 2.67. The van der Waals surface area contributed by atoms with Gasteiger partial charge in [-0.1, -0.05) is 12.1 Å². The number of carbonyl (C=O) groups excluding carboxylic acids is 1. The minimum absolute atomic E-state index is 0.305. The molecule has 0 aliphatic heterocycles. The first kappa shape index (κ1) is 9.19. The highest BCUT2D eigenvalue weighted by Gasteiger charge is 2.24. The van der Waals surface area contributed by atoms with Crippen LogP contribution in [0.25, 0.3) is 0 Å². The molecule has 0 N–H and O–H groups in total. The van der Waals surface area contributed by atoms with Gasteiger partial charge in [0, 0.05) is 15.6 Å². The van der Waals surface area contributed by atoms with E-state index in [2.05, 4.69) is 22.6 Å². The van der Waals surface area contributed by atoms with Gasteiger partial charge in [-0.05, 0) is 53.5 Å². The van der Waals surface area contributed by atoms with Gasteiger partial charge in [-0.25, -0.2) is 0 Å². The first-order valence-electron chi connectivity index (χ1n) is 4.54. The van der Waals surface area contributed by atoms with Crippen molar-refractivity contribution >= 4 is 28.4 Å². The highest BCUT2D eigenvalue weighted by Crippen LogP contribution is 2.33. The van der Waals surface area contributed by atoms with Crippen molar-refractivity contribution in [1.29, 1.82) is 0 Å². The third-order valence-electron chi connectivity index (χ3n) is 2.34. The van der Waals surface area contributed by atoms with Gasteiger partial charge in [0.25, 0.3) is 0 Å². The topological polar surface area (TPSA) is 17.1 Å². The van der Waals surface area contributed by atoms with E-state index in [1.165, 1.54) is 16.4 Å². The molecule has 0 unspecified atom stereocenters. The standard InChI is InChI=1S/C11H11IO/c12-10-5-3-9(4-6-10)11(13)7-8-1-2-8/h3-6,8H,1-2,7H2. The van der Waals surface area contributed by atoms with Crippen LogP contribution >= 0.6 is 22.6 Å². The van der Waals surface area contributed by atoms with Crippen LogP contribution in [0.4, 0.5) is 0 Å². The molecule has 1 nitrogen and oxygen atoms in total. The lowest BCUT2D eigenvalue weighted by atomic mass is 10.1. The van der Waals surface area contributed by atoms with Crippen LogP contribution in [0.15, 0.2) is 24.3 Å². The Morgan fingerprint density at radius 1 is 1.31 bits per heavy atom. The summed E-state index contributed by atoms with van der Waals surface area (Å²) in [4.78, 5) is 11.6. The smallest absolute Gasteiger partial charge is 0.163 e. The van der Waals surface area contributed by atoms with Crippen LogP contribution < -0.4 is 0 Å². The molecular weight excluding hydrogens is 275 g/mol. The van der Waals surface area contributed by atoms with Crippen molar-refractivity contribution in [3.63, 3.8) is 0 Å². The number of rotatable bonds is 3.